The summed E-state index contributed by atoms with van der Waals surface area (Å²) in [6.45, 7) is 4.16. The van der Waals surface area contributed by atoms with E-state index in [-0.39, 0.29) is 28.8 Å². The Morgan fingerprint density at radius 3 is 2.61 bits per heavy atom. The maximum absolute atomic E-state index is 15.7. The lowest BCUT2D eigenvalue weighted by Crippen LogP contribution is -2.46. The molecule has 192 valence electrons. The van der Waals surface area contributed by atoms with E-state index >= 15 is 4.39 Å². The Bertz CT molecular complexity index is 1190. The first-order valence-corrected chi connectivity index (χ1v) is 12.4. The summed E-state index contributed by atoms with van der Waals surface area (Å²) in [5.41, 5.74) is 1.27. The summed E-state index contributed by atoms with van der Waals surface area (Å²) < 4.78 is 34.4. The van der Waals surface area contributed by atoms with Crippen molar-refractivity contribution in [2.45, 2.75) is 64.6 Å². The molecular weight excluding hydrogens is 464 g/mol. The molecule has 0 unspecified atom stereocenters. The third kappa shape index (κ3) is 5.10. The van der Waals surface area contributed by atoms with Gasteiger partial charge >= 0.3 is 0 Å². The molecule has 1 aliphatic carbocycles. The van der Waals surface area contributed by atoms with Crippen LogP contribution in [0.2, 0.25) is 0 Å². The van der Waals surface area contributed by atoms with Crippen molar-refractivity contribution < 1.29 is 18.6 Å². The monoisotopic (exact) mass is 497 g/mol. The van der Waals surface area contributed by atoms with Crippen LogP contribution in [-0.4, -0.2) is 51.6 Å². The van der Waals surface area contributed by atoms with Crippen LogP contribution >= 0.6 is 0 Å². The number of pyridine rings is 1. The number of methoxy groups -OCH3 is 1. The summed E-state index contributed by atoms with van der Waals surface area (Å²) in [4.78, 5) is 9.95. The van der Waals surface area contributed by atoms with Gasteiger partial charge < -0.3 is 14.7 Å². The molecule has 1 aromatic carbocycles. The average Bonchev–Trinajstić information content (AvgIpc) is 3.02. The first-order valence-electron chi connectivity index (χ1n) is 12.4. The van der Waals surface area contributed by atoms with E-state index in [9.17, 15) is 9.50 Å². The highest BCUT2D eigenvalue weighted by Gasteiger charge is 2.42. The van der Waals surface area contributed by atoms with Crippen molar-refractivity contribution in [1.29, 1.82) is 0 Å². The number of aromatic nitrogens is 4. The highest BCUT2D eigenvalue weighted by atomic mass is 19.1. The molecule has 4 rings (SSSR count). The van der Waals surface area contributed by atoms with Crippen molar-refractivity contribution in [2.75, 3.05) is 19.1 Å². The minimum absolute atomic E-state index is 0.0162. The fraction of sp³-hybridized carbons (Fsp3) is 0.481. The number of anilines is 1. The van der Waals surface area contributed by atoms with Crippen LogP contribution in [0.1, 0.15) is 52.4 Å². The van der Waals surface area contributed by atoms with Crippen molar-refractivity contribution in [1.82, 2.24) is 20.2 Å². The maximum atomic E-state index is 15.7. The minimum Gasteiger partial charge on any atom is -0.507 e. The second kappa shape index (κ2) is 10.7. The number of alkyl halides is 1. The molecule has 2 heterocycles. The van der Waals surface area contributed by atoms with E-state index in [1.54, 1.807) is 18.3 Å². The number of benzene rings is 1. The quantitative estimate of drug-likeness (QED) is 0.318. The number of nitrogens with zero attached hydrogens (tertiary/aromatic N) is 5. The molecule has 0 radical (unpaired) electrons. The Kier molecular flexibility index (Phi) is 7.66. The van der Waals surface area contributed by atoms with Crippen molar-refractivity contribution in [3.05, 3.63) is 42.6 Å². The van der Waals surface area contributed by atoms with E-state index < -0.39 is 12.1 Å². The number of aromatic hydroxyl groups is 1. The van der Waals surface area contributed by atoms with E-state index in [4.69, 9.17) is 4.74 Å². The summed E-state index contributed by atoms with van der Waals surface area (Å²) in [5.74, 6) is 0.000839. The number of hydrogen-bond acceptors (Lipinski definition) is 7. The predicted molar refractivity (Wildman–Crippen MR) is 135 cm³/mol. The fourth-order valence-electron chi connectivity index (χ4n) is 5.21. The van der Waals surface area contributed by atoms with Gasteiger partial charge in [-0.3, -0.25) is 0 Å². The summed E-state index contributed by atoms with van der Waals surface area (Å²) in [5, 5.41) is 19.2. The van der Waals surface area contributed by atoms with Gasteiger partial charge in [0.15, 0.2) is 17.4 Å². The van der Waals surface area contributed by atoms with E-state index in [0.717, 1.165) is 38.5 Å². The summed E-state index contributed by atoms with van der Waals surface area (Å²) in [6.07, 6.45) is 7.43. The molecule has 1 aliphatic rings. The molecule has 2 aromatic heterocycles. The number of halogens is 2. The van der Waals surface area contributed by atoms with Crippen LogP contribution in [-0.2, 0) is 0 Å². The molecule has 0 saturated heterocycles. The Balaban J connectivity index is 1.55. The molecule has 1 saturated carbocycles. The zero-order chi connectivity index (χ0) is 25.9. The largest absolute Gasteiger partial charge is 0.507 e. The highest BCUT2D eigenvalue weighted by Crippen LogP contribution is 2.42. The molecule has 1 N–H and O–H groups in total. The number of phenolic OH excluding ortho intramolecular Hbond substituents is 1. The summed E-state index contributed by atoms with van der Waals surface area (Å²) in [6, 6.07) is 6.16. The Morgan fingerprint density at radius 1 is 1.14 bits per heavy atom. The van der Waals surface area contributed by atoms with Gasteiger partial charge in [0, 0.05) is 24.2 Å². The molecule has 0 bridgehead atoms. The van der Waals surface area contributed by atoms with Crippen LogP contribution in [0.15, 0.2) is 36.7 Å². The smallest absolute Gasteiger partial charge is 0.255 e. The fourth-order valence-corrected chi connectivity index (χ4v) is 5.21. The first-order chi connectivity index (χ1) is 17.3. The standard InChI is InChI=1S/C27H33F2N5O2/c1-5-11-27(2)12-7-6-8-20(24(27)28)34(3)23-16-31-26(33-32-23)19-10-9-17(13-21(19)35)18-14-22(36-4)25(29)30-15-18/h9-10,13-16,20,24,35H,5-8,11-12H2,1-4H3/t20-,24-,27+/m0/s1. The van der Waals surface area contributed by atoms with E-state index in [2.05, 4.69) is 34.0 Å². The van der Waals surface area contributed by atoms with Gasteiger partial charge in [-0.15, -0.1) is 10.2 Å². The van der Waals surface area contributed by atoms with E-state index in [1.165, 1.54) is 25.4 Å². The number of phenols is 1. The SMILES string of the molecule is CCC[C@]1(C)CCCC[C@H](N(C)c2cnc(-c3ccc(-c4cnc(F)c(OC)c4)cc3O)nn2)[C@@H]1F. The van der Waals surface area contributed by atoms with Crippen LogP contribution < -0.4 is 9.64 Å². The first kappa shape index (κ1) is 25.7. The van der Waals surface area contributed by atoms with Gasteiger partial charge in [0.25, 0.3) is 5.95 Å². The zero-order valence-electron chi connectivity index (χ0n) is 21.2. The van der Waals surface area contributed by atoms with Crippen LogP contribution in [0.4, 0.5) is 14.6 Å². The lowest BCUT2D eigenvalue weighted by molar-refractivity contribution is 0.0868. The molecule has 1 fully saturated rings. The molecular formula is C27H33F2N5O2. The predicted octanol–water partition coefficient (Wildman–Crippen LogP) is 5.98. The van der Waals surface area contributed by atoms with Crippen LogP contribution in [0.5, 0.6) is 11.5 Å². The molecule has 36 heavy (non-hydrogen) atoms. The van der Waals surface area contributed by atoms with E-state index in [0.29, 0.717) is 22.5 Å². The number of ether oxygens (including phenoxy) is 1. The molecule has 7 nitrogen and oxygen atoms in total. The second-order valence-electron chi connectivity index (χ2n) is 9.82. The number of rotatable bonds is 7. The minimum atomic E-state index is -0.970. The maximum Gasteiger partial charge on any atom is 0.255 e. The zero-order valence-corrected chi connectivity index (χ0v) is 21.2. The van der Waals surface area contributed by atoms with Crippen molar-refractivity contribution in [3.63, 3.8) is 0 Å². The van der Waals surface area contributed by atoms with Crippen molar-refractivity contribution >= 4 is 5.82 Å². The Hall–Kier alpha value is -3.36. The Labute approximate surface area is 210 Å². The molecule has 9 heteroatoms. The average molecular weight is 498 g/mol. The highest BCUT2D eigenvalue weighted by molar-refractivity contribution is 5.73. The van der Waals surface area contributed by atoms with Gasteiger partial charge in [-0.25, -0.2) is 14.4 Å². The summed E-state index contributed by atoms with van der Waals surface area (Å²) in [7, 11) is 3.21. The van der Waals surface area contributed by atoms with Crippen molar-refractivity contribution in [3.8, 4) is 34.0 Å². The van der Waals surface area contributed by atoms with Gasteiger partial charge in [-0.1, -0.05) is 39.2 Å². The molecule has 3 aromatic rings. The lowest BCUT2D eigenvalue weighted by atomic mass is 9.76. The van der Waals surface area contributed by atoms with Gasteiger partial charge in [-0.05, 0) is 43.0 Å². The lowest BCUT2D eigenvalue weighted by Gasteiger charge is -2.39. The van der Waals surface area contributed by atoms with Gasteiger partial charge in [0.05, 0.1) is 24.9 Å². The topological polar surface area (TPSA) is 84.3 Å². The molecule has 3 atom stereocenters. The molecule has 0 spiro atoms. The van der Waals surface area contributed by atoms with Crippen LogP contribution in [0.25, 0.3) is 22.5 Å². The van der Waals surface area contributed by atoms with Crippen molar-refractivity contribution in [2.24, 2.45) is 5.41 Å². The summed E-state index contributed by atoms with van der Waals surface area (Å²) >= 11 is 0. The van der Waals surface area contributed by atoms with E-state index in [1.807, 2.05) is 11.9 Å². The molecule has 0 amide bonds. The van der Waals surface area contributed by atoms with Gasteiger partial charge in [0.1, 0.15) is 11.9 Å². The third-order valence-corrected chi connectivity index (χ3v) is 7.33. The normalized spacial score (nSPS) is 22.2. The second-order valence-corrected chi connectivity index (χ2v) is 9.82. The van der Waals surface area contributed by atoms with Crippen LogP contribution in [0.3, 0.4) is 0 Å². The molecule has 0 aliphatic heterocycles. The van der Waals surface area contributed by atoms with Gasteiger partial charge in [-0.2, -0.15) is 4.39 Å². The van der Waals surface area contributed by atoms with Gasteiger partial charge in [0.2, 0.25) is 0 Å². The third-order valence-electron chi connectivity index (χ3n) is 7.33. The Morgan fingerprint density at radius 2 is 1.94 bits per heavy atom. The van der Waals surface area contributed by atoms with Crippen LogP contribution in [0, 0.1) is 11.4 Å². The number of hydrogen-bond donors (Lipinski definition) is 1.